The third-order valence-corrected chi connectivity index (χ3v) is 4.70. The van der Waals surface area contributed by atoms with E-state index in [-0.39, 0.29) is 29.3 Å². The van der Waals surface area contributed by atoms with Gasteiger partial charge in [-0.3, -0.25) is 9.59 Å². The summed E-state index contributed by atoms with van der Waals surface area (Å²) in [6, 6.07) is 6.70. The minimum atomic E-state index is -0.297. The number of likely N-dealkylation sites (tertiary alicyclic amines) is 1. The van der Waals surface area contributed by atoms with Crippen LogP contribution in [-0.4, -0.2) is 39.9 Å². The van der Waals surface area contributed by atoms with Gasteiger partial charge in [0.25, 0.3) is 5.91 Å². The monoisotopic (exact) mass is 331 g/mol. The minimum absolute atomic E-state index is 0.0295. The smallest absolute Gasteiger partial charge is 0.263 e. The Morgan fingerprint density at radius 1 is 1.35 bits per heavy atom. The zero-order chi connectivity index (χ0) is 16.2. The van der Waals surface area contributed by atoms with Crippen LogP contribution in [0.1, 0.15) is 22.5 Å². The summed E-state index contributed by atoms with van der Waals surface area (Å²) in [5, 5.41) is 14.2. The van der Waals surface area contributed by atoms with E-state index in [0.717, 1.165) is 6.42 Å². The number of thiophene rings is 1. The predicted molar refractivity (Wildman–Crippen MR) is 87.5 cm³/mol. The number of nitrogens with zero attached hydrogens (tertiary/aromatic N) is 2. The number of hydrogen-bond acceptors (Lipinski definition) is 5. The molecule has 120 valence electrons. The lowest BCUT2D eigenvalue weighted by Crippen LogP contribution is -2.43. The van der Waals surface area contributed by atoms with Gasteiger partial charge < -0.3 is 15.3 Å². The summed E-state index contributed by atoms with van der Waals surface area (Å²) < 4.78 is 0. The highest BCUT2D eigenvalue weighted by Crippen LogP contribution is 2.24. The van der Waals surface area contributed by atoms with Crippen LogP contribution in [0.15, 0.2) is 35.8 Å². The van der Waals surface area contributed by atoms with Crippen LogP contribution in [0.2, 0.25) is 0 Å². The minimum Gasteiger partial charge on any atom is -0.504 e. The van der Waals surface area contributed by atoms with Crippen molar-refractivity contribution in [3.8, 4) is 5.75 Å². The molecule has 1 fully saturated rings. The first-order valence-electron chi connectivity index (χ1n) is 7.43. The number of rotatable bonds is 3. The first-order valence-corrected chi connectivity index (χ1v) is 8.31. The number of hydrogen-bond donors (Lipinski definition) is 2. The molecule has 0 aromatic carbocycles. The molecule has 6 nitrogen and oxygen atoms in total. The maximum Gasteiger partial charge on any atom is 0.263 e. The molecule has 0 unspecified atom stereocenters. The van der Waals surface area contributed by atoms with Crippen molar-refractivity contribution in [2.24, 2.45) is 5.92 Å². The number of carbonyl (C=O) groups is 2. The van der Waals surface area contributed by atoms with E-state index in [4.69, 9.17) is 0 Å². The highest BCUT2D eigenvalue weighted by molar-refractivity contribution is 7.12. The van der Waals surface area contributed by atoms with Crippen LogP contribution < -0.4 is 5.32 Å². The molecule has 0 saturated carbocycles. The van der Waals surface area contributed by atoms with Gasteiger partial charge in [0.2, 0.25) is 5.91 Å². The van der Waals surface area contributed by atoms with Crippen molar-refractivity contribution in [3.05, 3.63) is 40.7 Å². The first-order chi connectivity index (χ1) is 11.1. The summed E-state index contributed by atoms with van der Waals surface area (Å²) in [6.07, 6.45) is 3.00. The summed E-state index contributed by atoms with van der Waals surface area (Å²) in [7, 11) is 0. The molecule has 3 heterocycles. The van der Waals surface area contributed by atoms with Gasteiger partial charge in [0, 0.05) is 19.3 Å². The number of carbonyl (C=O) groups excluding carboxylic acids is 2. The van der Waals surface area contributed by atoms with E-state index in [2.05, 4.69) is 10.3 Å². The lowest BCUT2D eigenvalue weighted by atomic mass is 9.97. The highest BCUT2D eigenvalue weighted by Gasteiger charge is 2.29. The molecule has 0 spiro atoms. The van der Waals surface area contributed by atoms with Gasteiger partial charge in [0.1, 0.15) is 0 Å². The first kappa shape index (κ1) is 15.5. The molecule has 2 N–H and O–H groups in total. The van der Waals surface area contributed by atoms with E-state index in [0.29, 0.717) is 24.4 Å². The van der Waals surface area contributed by atoms with Crippen LogP contribution in [-0.2, 0) is 4.79 Å². The summed E-state index contributed by atoms with van der Waals surface area (Å²) in [6.45, 7) is 1.05. The number of aromatic nitrogens is 1. The molecule has 1 aliphatic heterocycles. The third-order valence-electron chi connectivity index (χ3n) is 3.84. The Balaban J connectivity index is 1.65. The van der Waals surface area contributed by atoms with E-state index in [1.807, 2.05) is 11.4 Å². The molecule has 0 bridgehead atoms. The Hall–Kier alpha value is -2.41. The summed E-state index contributed by atoms with van der Waals surface area (Å²) in [5.41, 5.74) is 0. The molecule has 1 aliphatic rings. The lowest BCUT2D eigenvalue weighted by molar-refractivity contribution is -0.121. The number of anilines is 1. The largest absolute Gasteiger partial charge is 0.504 e. The standard InChI is InChI=1S/C16H17N3O3S/c20-12-5-1-7-17-14(12)18-15(21)11-4-2-8-19(10-11)16(22)13-6-3-9-23-13/h1,3,5-7,9,11,20H,2,4,8,10H2,(H,17,18,21)/t11-/m1/s1. The molecule has 0 radical (unpaired) electrons. The van der Waals surface area contributed by atoms with Gasteiger partial charge in [-0.2, -0.15) is 0 Å². The van der Waals surface area contributed by atoms with Crippen LogP contribution in [0, 0.1) is 5.92 Å². The van der Waals surface area contributed by atoms with Crippen molar-refractivity contribution >= 4 is 29.0 Å². The van der Waals surface area contributed by atoms with Crippen molar-refractivity contribution in [1.82, 2.24) is 9.88 Å². The van der Waals surface area contributed by atoms with Gasteiger partial charge in [-0.1, -0.05) is 6.07 Å². The van der Waals surface area contributed by atoms with E-state index < -0.39 is 0 Å². The van der Waals surface area contributed by atoms with Gasteiger partial charge in [-0.15, -0.1) is 11.3 Å². The van der Waals surface area contributed by atoms with E-state index >= 15 is 0 Å². The predicted octanol–water partition coefficient (Wildman–Crippen LogP) is 2.34. The van der Waals surface area contributed by atoms with Crippen molar-refractivity contribution in [2.45, 2.75) is 12.8 Å². The molecule has 1 saturated heterocycles. The number of nitrogens with one attached hydrogen (secondary N) is 1. The quantitative estimate of drug-likeness (QED) is 0.904. The second-order valence-electron chi connectivity index (χ2n) is 5.43. The van der Waals surface area contributed by atoms with E-state index in [1.54, 1.807) is 17.0 Å². The van der Waals surface area contributed by atoms with Crippen LogP contribution in [0.3, 0.4) is 0 Å². The third kappa shape index (κ3) is 3.50. The number of piperidine rings is 1. The molecule has 7 heteroatoms. The molecule has 2 aromatic heterocycles. The van der Waals surface area contributed by atoms with E-state index in [1.165, 1.54) is 23.6 Å². The van der Waals surface area contributed by atoms with Gasteiger partial charge in [0.05, 0.1) is 10.8 Å². The molecular weight excluding hydrogens is 314 g/mol. The van der Waals surface area contributed by atoms with Crippen LogP contribution in [0.5, 0.6) is 5.75 Å². The van der Waals surface area contributed by atoms with Crippen LogP contribution in [0.4, 0.5) is 5.82 Å². The zero-order valence-corrected chi connectivity index (χ0v) is 13.3. The second kappa shape index (κ2) is 6.78. The lowest BCUT2D eigenvalue weighted by Gasteiger charge is -2.31. The Morgan fingerprint density at radius 2 is 2.22 bits per heavy atom. The highest BCUT2D eigenvalue weighted by atomic mass is 32.1. The summed E-state index contributed by atoms with van der Waals surface area (Å²) >= 11 is 1.40. The molecule has 1 atom stereocenters. The van der Waals surface area contributed by atoms with Gasteiger partial charge in [-0.05, 0) is 36.4 Å². The fraction of sp³-hybridized carbons (Fsp3) is 0.312. The Morgan fingerprint density at radius 3 is 2.96 bits per heavy atom. The van der Waals surface area contributed by atoms with E-state index in [9.17, 15) is 14.7 Å². The molecule has 2 aromatic rings. The number of pyridine rings is 1. The molecule has 3 rings (SSSR count). The zero-order valence-electron chi connectivity index (χ0n) is 12.4. The average Bonchev–Trinajstić information content (AvgIpc) is 3.11. The van der Waals surface area contributed by atoms with Crippen molar-refractivity contribution in [2.75, 3.05) is 18.4 Å². The van der Waals surface area contributed by atoms with Gasteiger partial charge in [0.15, 0.2) is 11.6 Å². The molecule has 2 amide bonds. The Kier molecular flexibility index (Phi) is 4.57. The van der Waals surface area contributed by atoms with Crippen molar-refractivity contribution < 1.29 is 14.7 Å². The molecule has 23 heavy (non-hydrogen) atoms. The molecule has 0 aliphatic carbocycles. The Bertz CT molecular complexity index is 702. The van der Waals surface area contributed by atoms with Crippen LogP contribution >= 0.6 is 11.3 Å². The van der Waals surface area contributed by atoms with Gasteiger partial charge in [-0.25, -0.2) is 4.98 Å². The van der Waals surface area contributed by atoms with Gasteiger partial charge >= 0.3 is 0 Å². The fourth-order valence-electron chi connectivity index (χ4n) is 2.64. The SMILES string of the molecule is O=C(Nc1ncccc1O)[C@@H]1CCCN(C(=O)c2cccs2)C1. The summed E-state index contributed by atoms with van der Waals surface area (Å²) in [4.78, 5) is 31.1. The Labute approximate surface area is 137 Å². The fourth-order valence-corrected chi connectivity index (χ4v) is 3.33. The van der Waals surface area contributed by atoms with Crippen molar-refractivity contribution in [3.63, 3.8) is 0 Å². The van der Waals surface area contributed by atoms with Crippen molar-refractivity contribution in [1.29, 1.82) is 0 Å². The molecular formula is C16H17N3O3S. The average molecular weight is 331 g/mol. The summed E-state index contributed by atoms with van der Waals surface area (Å²) in [5.74, 6) is -0.461. The second-order valence-corrected chi connectivity index (χ2v) is 6.38. The topological polar surface area (TPSA) is 82.5 Å². The maximum absolute atomic E-state index is 12.4. The number of aromatic hydroxyl groups is 1. The van der Waals surface area contributed by atoms with Crippen LogP contribution in [0.25, 0.3) is 0 Å². The number of amides is 2. The normalized spacial score (nSPS) is 17.7. The maximum atomic E-state index is 12.4.